The second kappa shape index (κ2) is 7.81. The number of hydrogen-bond donors (Lipinski definition) is 3. The summed E-state index contributed by atoms with van der Waals surface area (Å²) < 4.78 is 47.8. The Balaban J connectivity index is 1.51. The molecule has 0 bridgehead atoms. The molecule has 0 saturated carbocycles. The SMILES string of the molecule is Nc1ncnc2c1ncn2[C@@H]1O[C@H](COC(=O)c2ccccc2S(=O)(=O)F)[C@@H](O)[C@H]1O. The van der Waals surface area contributed by atoms with E-state index in [1.54, 1.807) is 0 Å². The number of aromatic nitrogens is 4. The highest BCUT2D eigenvalue weighted by Crippen LogP contribution is 2.32. The summed E-state index contributed by atoms with van der Waals surface area (Å²) in [5, 5.41) is 20.7. The number of nitrogens with two attached hydrogens (primary N) is 1. The van der Waals surface area contributed by atoms with Gasteiger partial charge in [0, 0.05) is 0 Å². The van der Waals surface area contributed by atoms with Crippen LogP contribution in [-0.4, -0.2) is 69.0 Å². The average Bonchev–Trinajstić information content (AvgIpc) is 3.28. The topological polar surface area (TPSA) is 180 Å². The van der Waals surface area contributed by atoms with E-state index in [2.05, 4.69) is 15.0 Å². The molecule has 12 nitrogen and oxygen atoms in total. The fourth-order valence-corrected chi connectivity index (χ4v) is 3.89. The number of esters is 1. The van der Waals surface area contributed by atoms with E-state index < -0.39 is 57.8 Å². The summed E-state index contributed by atoms with van der Waals surface area (Å²) in [4.78, 5) is 23.3. The van der Waals surface area contributed by atoms with Crippen LogP contribution in [0.15, 0.2) is 41.8 Å². The molecular formula is C17H16FN5O7S. The molecule has 4 atom stereocenters. The molecule has 0 spiro atoms. The van der Waals surface area contributed by atoms with Gasteiger partial charge in [0.15, 0.2) is 17.7 Å². The first-order valence-corrected chi connectivity index (χ1v) is 10.2. The Kier molecular flexibility index (Phi) is 5.30. The van der Waals surface area contributed by atoms with E-state index in [4.69, 9.17) is 15.2 Å². The number of aliphatic hydroxyl groups excluding tert-OH is 2. The van der Waals surface area contributed by atoms with Crippen LogP contribution in [-0.2, 0) is 19.7 Å². The van der Waals surface area contributed by atoms with Crippen LogP contribution in [0.2, 0.25) is 0 Å². The normalized spacial score (nSPS) is 23.8. The Morgan fingerprint density at radius 2 is 1.97 bits per heavy atom. The summed E-state index contributed by atoms with van der Waals surface area (Å²) in [6, 6.07) is 4.59. The minimum Gasteiger partial charge on any atom is -0.459 e. The van der Waals surface area contributed by atoms with Crippen molar-refractivity contribution in [1.82, 2.24) is 19.5 Å². The highest BCUT2D eigenvalue weighted by atomic mass is 32.3. The maximum absolute atomic E-state index is 13.4. The van der Waals surface area contributed by atoms with Gasteiger partial charge in [0.05, 0.1) is 11.9 Å². The van der Waals surface area contributed by atoms with Crippen molar-refractivity contribution in [3.63, 3.8) is 0 Å². The third kappa shape index (κ3) is 3.81. The van der Waals surface area contributed by atoms with Crippen molar-refractivity contribution < 1.29 is 36.8 Å². The number of nitrogens with zero attached hydrogens (tertiary/aromatic N) is 4. The lowest BCUT2D eigenvalue weighted by Crippen LogP contribution is -2.34. The van der Waals surface area contributed by atoms with Crippen molar-refractivity contribution >= 4 is 33.2 Å². The summed E-state index contributed by atoms with van der Waals surface area (Å²) in [6.45, 7) is -0.544. The number of benzene rings is 1. The Labute approximate surface area is 174 Å². The van der Waals surface area contributed by atoms with Crippen molar-refractivity contribution in [3.8, 4) is 0 Å². The number of carbonyl (C=O) groups is 1. The van der Waals surface area contributed by atoms with Crippen LogP contribution in [0.1, 0.15) is 16.6 Å². The standard InChI is InChI=1S/C17H16FN5O7S/c18-31(27,28)10-4-2-1-3-8(10)17(26)29-5-9-12(24)13(25)16(30-9)23-7-22-11-14(19)20-6-21-15(11)23/h1-4,6-7,9,12-13,16,24-25H,5H2,(H2,19,20,21)/t9-,12-,13-,16-/m1/s1. The Bertz CT molecular complexity index is 1250. The second-order valence-corrected chi connectivity index (χ2v) is 7.98. The van der Waals surface area contributed by atoms with Crippen molar-refractivity contribution in [2.45, 2.75) is 29.4 Å². The zero-order valence-corrected chi connectivity index (χ0v) is 16.4. The molecule has 0 radical (unpaired) electrons. The number of rotatable bonds is 5. The van der Waals surface area contributed by atoms with Crippen molar-refractivity contribution in [2.24, 2.45) is 0 Å². The van der Waals surface area contributed by atoms with E-state index in [-0.39, 0.29) is 17.0 Å². The average molecular weight is 453 g/mol. The van der Waals surface area contributed by atoms with Crippen LogP contribution in [0.3, 0.4) is 0 Å². The Morgan fingerprint density at radius 1 is 1.23 bits per heavy atom. The Morgan fingerprint density at radius 3 is 2.71 bits per heavy atom. The molecule has 0 amide bonds. The zero-order chi connectivity index (χ0) is 22.3. The fraction of sp³-hybridized carbons (Fsp3) is 0.294. The number of nitrogen functional groups attached to an aromatic ring is 1. The van der Waals surface area contributed by atoms with Gasteiger partial charge >= 0.3 is 16.2 Å². The molecule has 1 aromatic carbocycles. The zero-order valence-electron chi connectivity index (χ0n) is 15.6. The molecule has 164 valence electrons. The molecule has 14 heteroatoms. The third-order valence-corrected chi connectivity index (χ3v) is 5.63. The van der Waals surface area contributed by atoms with Crippen molar-refractivity contribution in [3.05, 3.63) is 42.5 Å². The highest BCUT2D eigenvalue weighted by Gasteiger charge is 2.45. The van der Waals surface area contributed by atoms with Crippen LogP contribution in [0.25, 0.3) is 11.2 Å². The third-order valence-electron chi connectivity index (χ3n) is 4.75. The van der Waals surface area contributed by atoms with Gasteiger partial charge in [-0.25, -0.2) is 19.7 Å². The van der Waals surface area contributed by atoms with E-state index in [0.717, 1.165) is 12.1 Å². The first-order valence-electron chi connectivity index (χ1n) is 8.84. The van der Waals surface area contributed by atoms with Gasteiger partial charge in [-0.2, -0.15) is 8.42 Å². The Hall–Kier alpha value is -3.20. The molecule has 2 aromatic heterocycles. The molecule has 4 N–H and O–H groups in total. The van der Waals surface area contributed by atoms with E-state index in [1.165, 1.54) is 29.4 Å². The molecule has 1 aliphatic rings. The summed E-state index contributed by atoms with van der Waals surface area (Å²) in [5.74, 6) is -1.03. The maximum Gasteiger partial charge on any atom is 0.339 e. The molecule has 3 heterocycles. The second-order valence-electron chi connectivity index (χ2n) is 6.66. The predicted molar refractivity (Wildman–Crippen MR) is 101 cm³/mol. The lowest BCUT2D eigenvalue weighted by atomic mass is 10.1. The van der Waals surface area contributed by atoms with Gasteiger partial charge in [0.25, 0.3) is 0 Å². The van der Waals surface area contributed by atoms with E-state index in [1.807, 2.05) is 0 Å². The molecular weight excluding hydrogens is 437 g/mol. The number of fused-ring (bicyclic) bond motifs is 1. The summed E-state index contributed by atoms with van der Waals surface area (Å²) in [6.07, 6.45) is -2.70. The van der Waals surface area contributed by atoms with Gasteiger partial charge in [0.1, 0.15) is 41.7 Å². The predicted octanol–water partition coefficient (Wildman–Crippen LogP) is -0.457. The summed E-state index contributed by atoms with van der Waals surface area (Å²) in [5.41, 5.74) is 5.74. The van der Waals surface area contributed by atoms with Gasteiger partial charge in [-0.3, -0.25) is 4.57 Å². The molecule has 1 aliphatic heterocycles. The number of carbonyl (C=O) groups excluding carboxylic acids is 1. The van der Waals surface area contributed by atoms with Crippen LogP contribution < -0.4 is 5.73 Å². The molecule has 0 unspecified atom stereocenters. The quantitative estimate of drug-likeness (QED) is 0.336. The molecule has 0 aliphatic carbocycles. The van der Waals surface area contributed by atoms with Crippen LogP contribution in [0.4, 0.5) is 9.70 Å². The summed E-state index contributed by atoms with van der Waals surface area (Å²) in [7, 11) is -5.15. The van der Waals surface area contributed by atoms with Crippen molar-refractivity contribution in [1.29, 1.82) is 0 Å². The summed E-state index contributed by atoms with van der Waals surface area (Å²) >= 11 is 0. The van der Waals surface area contributed by atoms with E-state index >= 15 is 0 Å². The lowest BCUT2D eigenvalue weighted by Gasteiger charge is -2.16. The number of ether oxygens (including phenoxy) is 2. The number of anilines is 1. The molecule has 4 rings (SSSR count). The first-order chi connectivity index (χ1) is 14.7. The molecule has 3 aromatic rings. The molecule has 1 fully saturated rings. The van der Waals surface area contributed by atoms with Crippen LogP contribution in [0, 0.1) is 0 Å². The lowest BCUT2D eigenvalue weighted by molar-refractivity contribution is -0.0566. The first kappa shape index (κ1) is 21.0. The number of imidazole rings is 1. The van der Waals surface area contributed by atoms with Crippen molar-refractivity contribution in [2.75, 3.05) is 12.3 Å². The monoisotopic (exact) mass is 453 g/mol. The van der Waals surface area contributed by atoms with Gasteiger partial charge in [0.2, 0.25) is 0 Å². The van der Waals surface area contributed by atoms with Gasteiger partial charge in [-0.1, -0.05) is 12.1 Å². The number of aliphatic hydroxyl groups is 2. The number of halogens is 1. The molecule has 31 heavy (non-hydrogen) atoms. The van der Waals surface area contributed by atoms with Gasteiger partial charge in [-0.15, -0.1) is 3.89 Å². The van der Waals surface area contributed by atoms with E-state index in [9.17, 15) is 27.3 Å². The largest absolute Gasteiger partial charge is 0.459 e. The van der Waals surface area contributed by atoms with Gasteiger partial charge < -0.3 is 25.4 Å². The van der Waals surface area contributed by atoms with Crippen LogP contribution in [0.5, 0.6) is 0 Å². The van der Waals surface area contributed by atoms with Gasteiger partial charge in [-0.05, 0) is 12.1 Å². The fourth-order valence-electron chi connectivity index (χ4n) is 3.24. The molecule has 1 saturated heterocycles. The van der Waals surface area contributed by atoms with E-state index in [0.29, 0.717) is 0 Å². The smallest absolute Gasteiger partial charge is 0.339 e. The minimum atomic E-state index is -5.15. The minimum absolute atomic E-state index is 0.115. The maximum atomic E-state index is 13.4. The number of hydrogen-bond acceptors (Lipinski definition) is 11. The van der Waals surface area contributed by atoms with Crippen LogP contribution >= 0.6 is 0 Å². The highest BCUT2D eigenvalue weighted by molar-refractivity contribution is 7.86.